The lowest BCUT2D eigenvalue weighted by Gasteiger charge is -2.18. The molecule has 0 saturated heterocycles. The highest BCUT2D eigenvalue weighted by molar-refractivity contribution is 7.15. The molecule has 19 heavy (non-hydrogen) atoms. The molecule has 1 N–H and O–H groups in total. The second-order valence-electron chi connectivity index (χ2n) is 4.91. The van der Waals surface area contributed by atoms with E-state index in [0.717, 1.165) is 30.8 Å². The smallest absolute Gasteiger partial charge is 0.193 e. The fourth-order valence-corrected chi connectivity index (χ4v) is 2.96. The van der Waals surface area contributed by atoms with Crippen LogP contribution in [-0.2, 0) is 11.2 Å². The van der Waals surface area contributed by atoms with Crippen LogP contribution in [0.25, 0.3) is 4.96 Å². The maximum absolute atomic E-state index is 5.32. The summed E-state index contributed by atoms with van der Waals surface area (Å²) >= 11 is 1.68. The molecule has 0 saturated carbocycles. The van der Waals surface area contributed by atoms with Crippen LogP contribution in [0, 0.1) is 0 Å². The summed E-state index contributed by atoms with van der Waals surface area (Å²) in [5, 5.41) is 5.61. The molecule has 2 unspecified atom stereocenters. The van der Waals surface area contributed by atoms with Crippen LogP contribution in [0.1, 0.15) is 32.4 Å². The summed E-state index contributed by atoms with van der Waals surface area (Å²) in [6.45, 7) is 5.27. The van der Waals surface area contributed by atoms with E-state index in [1.165, 1.54) is 5.69 Å². The Kier molecular flexibility index (Phi) is 5.36. The van der Waals surface area contributed by atoms with E-state index in [1.807, 2.05) is 0 Å². The number of hydrogen-bond acceptors (Lipinski definition) is 4. The molecule has 106 valence electrons. The maximum atomic E-state index is 5.32. The predicted octanol–water partition coefficient (Wildman–Crippen LogP) is 2.73. The van der Waals surface area contributed by atoms with E-state index in [9.17, 15) is 0 Å². The summed E-state index contributed by atoms with van der Waals surface area (Å²) in [5.74, 6) is 0. The fraction of sp³-hybridized carbons (Fsp3) is 0.643. The van der Waals surface area contributed by atoms with Crippen LogP contribution in [0.5, 0.6) is 0 Å². The van der Waals surface area contributed by atoms with Gasteiger partial charge in [-0.05, 0) is 26.3 Å². The summed E-state index contributed by atoms with van der Waals surface area (Å²) in [5.41, 5.74) is 1.17. The highest BCUT2D eigenvalue weighted by Crippen LogP contribution is 2.14. The van der Waals surface area contributed by atoms with Crippen molar-refractivity contribution in [3.63, 3.8) is 0 Å². The number of nitrogens with one attached hydrogen (secondary N) is 1. The van der Waals surface area contributed by atoms with E-state index in [-0.39, 0.29) is 0 Å². The van der Waals surface area contributed by atoms with Crippen LogP contribution in [0.15, 0.2) is 17.8 Å². The summed E-state index contributed by atoms with van der Waals surface area (Å²) in [6, 6.07) is 0.479. The molecule has 5 heteroatoms. The van der Waals surface area contributed by atoms with E-state index in [4.69, 9.17) is 4.74 Å². The van der Waals surface area contributed by atoms with Crippen molar-refractivity contribution in [2.45, 2.75) is 45.3 Å². The van der Waals surface area contributed by atoms with Gasteiger partial charge in [0.1, 0.15) is 0 Å². The molecule has 0 aliphatic heterocycles. The lowest BCUT2D eigenvalue weighted by molar-refractivity contribution is 0.106. The Bertz CT molecular complexity index is 465. The van der Waals surface area contributed by atoms with Crippen molar-refractivity contribution in [1.82, 2.24) is 14.7 Å². The minimum atomic E-state index is 0.326. The number of nitrogens with zero attached hydrogens (tertiary/aromatic N) is 2. The third-order valence-corrected chi connectivity index (χ3v) is 4.19. The van der Waals surface area contributed by atoms with Crippen molar-refractivity contribution in [2.24, 2.45) is 0 Å². The van der Waals surface area contributed by atoms with Gasteiger partial charge >= 0.3 is 0 Å². The van der Waals surface area contributed by atoms with Gasteiger partial charge in [0.25, 0.3) is 0 Å². The Hall–Kier alpha value is -0.910. The third-order valence-electron chi connectivity index (χ3n) is 3.42. The van der Waals surface area contributed by atoms with Crippen molar-refractivity contribution < 1.29 is 4.74 Å². The van der Waals surface area contributed by atoms with Gasteiger partial charge in [0.2, 0.25) is 0 Å². The number of fused-ring (bicyclic) bond motifs is 1. The quantitative estimate of drug-likeness (QED) is 0.808. The largest absolute Gasteiger partial charge is 0.382 e. The zero-order chi connectivity index (χ0) is 13.7. The third kappa shape index (κ3) is 4.03. The second kappa shape index (κ2) is 7.03. The van der Waals surface area contributed by atoms with Crippen LogP contribution in [0.3, 0.4) is 0 Å². The van der Waals surface area contributed by atoms with Gasteiger partial charge in [-0.3, -0.25) is 4.40 Å². The zero-order valence-corrected chi connectivity index (χ0v) is 12.7. The van der Waals surface area contributed by atoms with E-state index in [1.54, 1.807) is 18.4 Å². The predicted molar refractivity (Wildman–Crippen MR) is 79.9 cm³/mol. The van der Waals surface area contributed by atoms with Gasteiger partial charge in [0.05, 0.1) is 11.8 Å². The average Bonchev–Trinajstić information content (AvgIpc) is 2.96. The molecule has 0 spiro atoms. The minimum absolute atomic E-state index is 0.326. The minimum Gasteiger partial charge on any atom is -0.382 e. The lowest BCUT2D eigenvalue weighted by atomic mass is 10.0. The average molecular weight is 281 g/mol. The van der Waals surface area contributed by atoms with E-state index >= 15 is 0 Å². The molecule has 2 atom stereocenters. The molecule has 0 aliphatic rings. The van der Waals surface area contributed by atoms with Crippen molar-refractivity contribution in [3.05, 3.63) is 23.5 Å². The summed E-state index contributed by atoms with van der Waals surface area (Å²) in [7, 11) is 1.77. The van der Waals surface area contributed by atoms with Crippen molar-refractivity contribution in [1.29, 1.82) is 0 Å². The molecule has 0 fully saturated rings. The first kappa shape index (κ1) is 14.5. The first-order chi connectivity index (χ1) is 9.22. The van der Waals surface area contributed by atoms with Crippen LogP contribution < -0.4 is 5.32 Å². The molecule has 0 amide bonds. The van der Waals surface area contributed by atoms with Crippen LogP contribution >= 0.6 is 11.3 Å². The van der Waals surface area contributed by atoms with Gasteiger partial charge in [-0.25, -0.2) is 4.98 Å². The van der Waals surface area contributed by atoms with Crippen molar-refractivity contribution in [2.75, 3.05) is 13.7 Å². The Balaban J connectivity index is 1.93. The highest BCUT2D eigenvalue weighted by atomic mass is 32.1. The number of methoxy groups -OCH3 is 1. The number of thiazole rings is 1. The van der Waals surface area contributed by atoms with Gasteiger partial charge in [-0.2, -0.15) is 0 Å². The number of aromatic nitrogens is 2. The molecule has 0 radical (unpaired) electrons. The Morgan fingerprint density at radius 3 is 3.00 bits per heavy atom. The van der Waals surface area contributed by atoms with Crippen molar-refractivity contribution in [3.8, 4) is 0 Å². The first-order valence-electron chi connectivity index (χ1n) is 6.90. The summed E-state index contributed by atoms with van der Waals surface area (Å²) in [4.78, 5) is 5.73. The Morgan fingerprint density at radius 2 is 2.32 bits per heavy atom. The molecule has 0 aliphatic carbocycles. The van der Waals surface area contributed by atoms with Crippen molar-refractivity contribution >= 4 is 16.3 Å². The van der Waals surface area contributed by atoms with E-state index in [2.05, 4.69) is 46.3 Å². The normalized spacial score (nSPS) is 14.9. The summed E-state index contributed by atoms with van der Waals surface area (Å²) in [6.07, 6.45) is 7.71. The second-order valence-corrected chi connectivity index (χ2v) is 5.78. The standard InChI is InChI=1S/C14H23N3OS/c1-4-15-12(6-5-11(2)18-3)9-13-10-17-7-8-19-14(17)16-13/h7-8,10-12,15H,4-6,9H2,1-3H3. The van der Waals surface area contributed by atoms with Gasteiger partial charge in [0.15, 0.2) is 4.96 Å². The molecule has 4 nitrogen and oxygen atoms in total. The fourth-order valence-electron chi connectivity index (χ4n) is 2.25. The Labute approximate surface area is 118 Å². The lowest BCUT2D eigenvalue weighted by Crippen LogP contribution is -2.32. The molecular weight excluding hydrogens is 258 g/mol. The Morgan fingerprint density at radius 1 is 1.47 bits per heavy atom. The zero-order valence-electron chi connectivity index (χ0n) is 11.9. The molecule has 0 bridgehead atoms. The molecule has 0 aromatic carbocycles. The van der Waals surface area contributed by atoms with Gasteiger partial charge < -0.3 is 10.1 Å². The van der Waals surface area contributed by atoms with Gasteiger partial charge in [0, 0.05) is 37.3 Å². The van der Waals surface area contributed by atoms with Crippen LogP contribution in [0.2, 0.25) is 0 Å². The SMILES string of the molecule is CCNC(CCC(C)OC)Cc1cn2ccsc2n1. The van der Waals surface area contributed by atoms with E-state index in [0.29, 0.717) is 12.1 Å². The molecule has 2 rings (SSSR count). The highest BCUT2D eigenvalue weighted by Gasteiger charge is 2.13. The topological polar surface area (TPSA) is 38.6 Å². The molecule has 2 heterocycles. The first-order valence-corrected chi connectivity index (χ1v) is 7.78. The summed E-state index contributed by atoms with van der Waals surface area (Å²) < 4.78 is 7.42. The number of rotatable bonds is 8. The van der Waals surface area contributed by atoms with Crippen LogP contribution in [-0.4, -0.2) is 35.2 Å². The molecule has 2 aromatic rings. The number of likely N-dealkylation sites (N-methyl/N-ethyl adjacent to an activating group) is 1. The van der Waals surface area contributed by atoms with Crippen LogP contribution in [0.4, 0.5) is 0 Å². The maximum Gasteiger partial charge on any atom is 0.193 e. The van der Waals surface area contributed by atoms with E-state index < -0.39 is 0 Å². The number of imidazole rings is 1. The van der Waals surface area contributed by atoms with Gasteiger partial charge in [-0.15, -0.1) is 11.3 Å². The monoisotopic (exact) mass is 281 g/mol. The number of hydrogen-bond donors (Lipinski definition) is 1. The number of ether oxygens (including phenoxy) is 1. The molecular formula is C14H23N3OS. The molecule has 2 aromatic heterocycles. The van der Waals surface area contributed by atoms with Gasteiger partial charge in [-0.1, -0.05) is 6.92 Å².